The Morgan fingerprint density at radius 1 is 1.38 bits per heavy atom. The summed E-state index contributed by atoms with van der Waals surface area (Å²) >= 11 is 0. The van der Waals surface area contributed by atoms with Crippen LogP contribution in [0.2, 0.25) is 0 Å². The number of nitro benzene ring substituents is 1. The quantitative estimate of drug-likeness (QED) is 0.575. The summed E-state index contributed by atoms with van der Waals surface area (Å²) in [5.41, 5.74) is 0.155. The second-order valence-electron chi connectivity index (χ2n) is 6.59. The minimum absolute atomic E-state index is 0.00585. The van der Waals surface area contributed by atoms with Gasteiger partial charge in [-0.15, -0.1) is 0 Å². The van der Waals surface area contributed by atoms with E-state index in [9.17, 15) is 23.3 Å². The molecule has 0 saturated carbocycles. The van der Waals surface area contributed by atoms with Crippen molar-refractivity contribution in [1.29, 1.82) is 0 Å². The Morgan fingerprint density at radius 2 is 2.00 bits per heavy atom. The molecule has 1 aliphatic heterocycles. The summed E-state index contributed by atoms with van der Waals surface area (Å²) in [5.74, 6) is -0.420. The van der Waals surface area contributed by atoms with Gasteiger partial charge in [-0.05, 0) is 46.0 Å². The number of nitrogens with one attached hydrogen (secondary N) is 1. The number of nitrogens with zero attached hydrogens (tertiary/aromatic N) is 3. The van der Waals surface area contributed by atoms with E-state index in [1.54, 1.807) is 0 Å². The third kappa shape index (κ3) is 4.92. The normalized spacial score (nSPS) is 16.3. The first-order chi connectivity index (χ1) is 12.1. The summed E-state index contributed by atoms with van der Waals surface area (Å²) in [5, 5.41) is 14.0. The summed E-state index contributed by atoms with van der Waals surface area (Å²) in [4.78, 5) is 25.1. The molecule has 1 saturated heterocycles. The Bertz CT molecular complexity index is 788. The standard InChI is InChI=1S/C16H24N4O5S/c1-12-14(5-4-6-15(12)20(22)23)19(26(3,24)25)11-16(21)17-13-7-9-18(2)10-8-13/h4-6,13H,7-11H2,1-3H3,(H,17,21). The summed E-state index contributed by atoms with van der Waals surface area (Å²) < 4.78 is 25.3. The van der Waals surface area contributed by atoms with Gasteiger partial charge >= 0.3 is 0 Å². The van der Waals surface area contributed by atoms with Crippen molar-refractivity contribution < 1.29 is 18.1 Å². The zero-order valence-corrected chi connectivity index (χ0v) is 16.0. The van der Waals surface area contributed by atoms with Crippen molar-refractivity contribution in [2.45, 2.75) is 25.8 Å². The Balaban J connectivity index is 2.20. The number of sulfonamides is 1. The monoisotopic (exact) mass is 384 g/mol. The minimum Gasteiger partial charge on any atom is -0.352 e. The van der Waals surface area contributed by atoms with Gasteiger partial charge in [-0.25, -0.2) is 8.42 Å². The summed E-state index contributed by atoms with van der Waals surface area (Å²) in [7, 11) is -1.78. The number of amides is 1. The van der Waals surface area contributed by atoms with E-state index < -0.39 is 27.4 Å². The zero-order chi connectivity index (χ0) is 19.5. The van der Waals surface area contributed by atoms with Gasteiger partial charge in [0.2, 0.25) is 15.9 Å². The molecule has 1 aromatic carbocycles. The lowest BCUT2D eigenvalue weighted by Gasteiger charge is -2.30. The summed E-state index contributed by atoms with van der Waals surface area (Å²) in [6.07, 6.45) is 2.59. The van der Waals surface area contributed by atoms with E-state index in [4.69, 9.17) is 0 Å². The van der Waals surface area contributed by atoms with Crippen molar-refractivity contribution in [3.05, 3.63) is 33.9 Å². The van der Waals surface area contributed by atoms with Crippen molar-refractivity contribution in [2.24, 2.45) is 0 Å². The van der Waals surface area contributed by atoms with Crippen LogP contribution in [0.4, 0.5) is 11.4 Å². The first-order valence-corrected chi connectivity index (χ1v) is 10.1. The largest absolute Gasteiger partial charge is 0.352 e. The summed E-state index contributed by atoms with van der Waals surface area (Å²) in [6, 6.07) is 4.18. The highest BCUT2D eigenvalue weighted by atomic mass is 32.2. The molecule has 1 heterocycles. The Morgan fingerprint density at radius 3 is 2.54 bits per heavy atom. The van der Waals surface area contributed by atoms with Crippen molar-refractivity contribution in [2.75, 3.05) is 37.2 Å². The number of benzene rings is 1. The van der Waals surface area contributed by atoms with Crippen LogP contribution in [0.1, 0.15) is 18.4 Å². The molecule has 1 N–H and O–H groups in total. The molecule has 1 amide bonds. The van der Waals surface area contributed by atoms with Crippen LogP contribution in [0, 0.1) is 17.0 Å². The Kier molecular flexibility index (Phi) is 6.19. The lowest BCUT2D eigenvalue weighted by atomic mass is 10.1. The molecule has 0 unspecified atom stereocenters. The lowest BCUT2D eigenvalue weighted by molar-refractivity contribution is -0.385. The number of carbonyl (C=O) groups is 1. The average Bonchev–Trinajstić information content (AvgIpc) is 2.54. The van der Waals surface area contributed by atoms with Gasteiger partial charge in [0.05, 0.1) is 22.4 Å². The SMILES string of the molecule is Cc1c(N(CC(=O)NC2CCN(C)CC2)S(C)(=O)=O)cccc1[N+](=O)[O-]. The molecule has 0 radical (unpaired) electrons. The maximum absolute atomic E-state index is 12.4. The molecule has 0 atom stereocenters. The highest BCUT2D eigenvalue weighted by Gasteiger charge is 2.27. The number of hydrogen-bond donors (Lipinski definition) is 1. The van der Waals surface area contributed by atoms with Gasteiger partial charge in [-0.3, -0.25) is 19.2 Å². The minimum atomic E-state index is -3.79. The van der Waals surface area contributed by atoms with Crippen molar-refractivity contribution in [1.82, 2.24) is 10.2 Å². The van der Waals surface area contributed by atoms with E-state index in [1.165, 1.54) is 25.1 Å². The topological polar surface area (TPSA) is 113 Å². The number of nitro groups is 1. The van der Waals surface area contributed by atoms with Crippen LogP contribution in [-0.4, -0.2) is 63.1 Å². The molecule has 0 aliphatic carbocycles. The molecule has 1 aromatic rings. The van der Waals surface area contributed by atoms with Gasteiger partial charge in [0.25, 0.3) is 5.69 Å². The molecule has 0 spiro atoms. The molecule has 9 nitrogen and oxygen atoms in total. The van der Waals surface area contributed by atoms with E-state index in [-0.39, 0.29) is 23.0 Å². The number of anilines is 1. The number of rotatable bonds is 6. The van der Waals surface area contributed by atoms with Gasteiger partial charge < -0.3 is 10.2 Å². The number of piperidine rings is 1. The lowest BCUT2D eigenvalue weighted by Crippen LogP contribution is -2.47. The van der Waals surface area contributed by atoms with Gasteiger partial charge in [-0.1, -0.05) is 6.07 Å². The van der Waals surface area contributed by atoms with E-state index >= 15 is 0 Å². The third-order valence-electron chi connectivity index (χ3n) is 4.51. The molecular formula is C16H24N4O5S. The summed E-state index contributed by atoms with van der Waals surface area (Å²) in [6.45, 7) is 2.79. The van der Waals surface area contributed by atoms with E-state index in [2.05, 4.69) is 10.2 Å². The van der Waals surface area contributed by atoms with Crippen molar-refractivity contribution in [3.8, 4) is 0 Å². The molecule has 144 valence electrons. The van der Waals surface area contributed by atoms with Crippen molar-refractivity contribution in [3.63, 3.8) is 0 Å². The van der Waals surface area contributed by atoms with Crippen LogP contribution in [0.3, 0.4) is 0 Å². The molecule has 0 aromatic heterocycles. The number of likely N-dealkylation sites (tertiary alicyclic amines) is 1. The molecule has 1 aliphatic rings. The maximum Gasteiger partial charge on any atom is 0.274 e. The third-order valence-corrected chi connectivity index (χ3v) is 5.64. The fourth-order valence-corrected chi connectivity index (χ4v) is 3.92. The predicted molar refractivity (Wildman–Crippen MR) is 98.7 cm³/mol. The predicted octanol–water partition coefficient (Wildman–Crippen LogP) is 0.880. The second-order valence-corrected chi connectivity index (χ2v) is 8.50. The molecule has 26 heavy (non-hydrogen) atoms. The molecule has 10 heteroatoms. The van der Waals surface area contributed by atoms with E-state index in [1.807, 2.05) is 7.05 Å². The van der Waals surface area contributed by atoms with E-state index in [0.29, 0.717) is 0 Å². The smallest absolute Gasteiger partial charge is 0.274 e. The van der Waals surface area contributed by atoms with Crippen LogP contribution in [0.5, 0.6) is 0 Å². The maximum atomic E-state index is 12.4. The number of hydrogen-bond acceptors (Lipinski definition) is 6. The first-order valence-electron chi connectivity index (χ1n) is 8.29. The highest BCUT2D eigenvalue weighted by molar-refractivity contribution is 7.92. The Labute approximate surface area is 153 Å². The zero-order valence-electron chi connectivity index (χ0n) is 15.1. The molecule has 1 fully saturated rings. The first kappa shape index (κ1) is 20.1. The van der Waals surface area contributed by atoms with Crippen LogP contribution in [0.25, 0.3) is 0 Å². The fraction of sp³-hybridized carbons (Fsp3) is 0.562. The Hall–Kier alpha value is -2.20. The second kappa shape index (κ2) is 8.00. The van der Waals surface area contributed by atoms with Crippen LogP contribution in [-0.2, 0) is 14.8 Å². The van der Waals surface area contributed by atoms with Crippen LogP contribution >= 0.6 is 0 Å². The van der Waals surface area contributed by atoms with Gasteiger partial charge in [0, 0.05) is 12.1 Å². The van der Waals surface area contributed by atoms with Crippen LogP contribution < -0.4 is 9.62 Å². The molecular weight excluding hydrogens is 360 g/mol. The van der Waals surface area contributed by atoms with Crippen molar-refractivity contribution >= 4 is 27.3 Å². The molecule has 0 bridgehead atoms. The van der Waals surface area contributed by atoms with Gasteiger partial charge in [0.1, 0.15) is 6.54 Å². The van der Waals surface area contributed by atoms with Gasteiger partial charge in [0.15, 0.2) is 0 Å². The highest BCUT2D eigenvalue weighted by Crippen LogP contribution is 2.29. The average molecular weight is 384 g/mol. The van der Waals surface area contributed by atoms with Gasteiger partial charge in [-0.2, -0.15) is 0 Å². The fourth-order valence-electron chi connectivity index (χ4n) is 3.02. The van der Waals surface area contributed by atoms with Crippen LogP contribution in [0.15, 0.2) is 18.2 Å². The molecule has 2 rings (SSSR count). The van der Waals surface area contributed by atoms with E-state index in [0.717, 1.165) is 36.5 Å². The number of carbonyl (C=O) groups excluding carboxylic acids is 1.